The van der Waals surface area contributed by atoms with Gasteiger partial charge < -0.3 is 9.47 Å². The summed E-state index contributed by atoms with van der Waals surface area (Å²) in [5.74, 6) is 1.50. The molecule has 4 heteroatoms. The van der Waals surface area contributed by atoms with E-state index in [9.17, 15) is 0 Å². The Morgan fingerprint density at radius 2 is 2.27 bits per heavy atom. The fourth-order valence-electron chi connectivity index (χ4n) is 1.56. The normalized spacial score (nSPS) is 20.8. The first-order chi connectivity index (χ1) is 7.29. The molecule has 0 radical (unpaired) electrons. The van der Waals surface area contributed by atoms with Crippen LogP contribution in [-0.2, 0) is 0 Å². The van der Waals surface area contributed by atoms with Crippen LogP contribution in [0.2, 0.25) is 0 Å². The average Bonchev–Trinajstić information content (AvgIpc) is 2.27. The summed E-state index contributed by atoms with van der Waals surface area (Å²) in [6, 6.07) is 2.40. The van der Waals surface area contributed by atoms with Crippen LogP contribution in [0, 0.1) is 0 Å². The number of hydrogen-bond donors (Lipinski definition) is 0. The largest absolute Gasteiger partial charge is 0.495 e. The summed E-state index contributed by atoms with van der Waals surface area (Å²) in [7, 11) is 3.74. The molecule has 0 aromatic carbocycles. The van der Waals surface area contributed by atoms with E-state index in [-0.39, 0.29) is 0 Å². The molecule has 1 aliphatic heterocycles. The second-order valence-electron chi connectivity index (χ2n) is 3.79. The lowest BCUT2D eigenvalue weighted by atomic mass is 10.1. The summed E-state index contributed by atoms with van der Waals surface area (Å²) in [5.41, 5.74) is 0. The Hall–Kier alpha value is -1.29. The molecule has 2 rings (SSSR count). The number of aromatic nitrogens is 1. The average molecular weight is 208 g/mol. The third-order valence-corrected chi connectivity index (χ3v) is 2.80. The molecule has 0 bridgehead atoms. The van der Waals surface area contributed by atoms with E-state index in [0.29, 0.717) is 6.04 Å². The van der Waals surface area contributed by atoms with Gasteiger partial charge in [0.15, 0.2) is 0 Å². The molecule has 2 heterocycles. The van der Waals surface area contributed by atoms with Crippen molar-refractivity contribution in [2.75, 3.05) is 27.3 Å². The lowest BCUT2D eigenvalue weighted by molar-refractivity contribution is 0.0766. The van der Waals surface area contributed by atoms with Crippen LogP contribution in [-0.4, -0.2) is 43.2 Å². The molecule has 1 fully saturated rings. The predicted octanol–water partition coefficient (Wildman–Crippen LogP) is 1.17. The van der Waals surface area contributed by atoms with Gasteiger partial charge in [-0.05, 0) is 20.0 Å². The molecule has 0 aliphatic carbocycles. The Morgan fingerprint density at radius 1 is 1.47 bits per heavy atom. The molecule has 0 unspecified atom stereocenters. The van der Waals surface area contributed by atoms with Gasteiger partial charge in [0.1, 0.15) is 18.1 Å². The van der Waals surface area contributed by atoms with Crippen LogP contribution in [0.5, 0.6) is 11.5 Å². The topological polar surface area (TPSA) is 34.6 Å². The molecule has 0 saturated carbocycles. The Labute approximate surface area is 89.8 Å². The molecule has 1 aromatic heterocycles. The third kappa shape index (κ3) is 2.39. The fraction of sp³-hybridized carbons (Fsp3) is 0.545. The number of methoxy groups -OCH3 is 1. The highest BCUT2D eigenvalue weighted by Crippen LogP contribution is 2.19. The van der Waals surface area contributed by atoms with E-state index in [4.69, 9.17) is 9.47 Å². The van der Waals surface area contributed by atoms with Gasteiger partial charge >= 0.3 is 0 Å². The zero-order chi connectivity index (χ0) is 10.7. The van der Waals surface area contributed by atoms with E-state index in [1.54, 1.807) is 19.5 Å². The SMILES string of the molecule is COc1cncc(OC[C@@H]2CCN2C)c1. The molecule has 1 saturated heterocycles. The number of likely N-dealkylation sites (N-methyl/N-ethyl adjacent to an activating group) is 1. The number of rotatable bonds is 4. The van der Waals surface area contributed by atoms with Gasteiger partial charge in [-0.1, -0.05) is 0 Å². The molecule has 1 aliphatic rings. The maximum atomic E-state index is 5.64. The molecule has 4 nitrogen and oxygen atoms in total. The maximum Gasteiger partial charge on any atom is 0.141 e. The summed E-state index contributed by atoms with van der Waals surface area (Å²) in [5, 5.41) is 0. The van der Waals surface area contributed by atoms with Crippen molar-refractivity contribution in [3.63, 3.8) is 0 Å². The molecular weight excluding hydrogens is 192 g/mol. The molecule has 1 aromatic rings. The van der Waals surface area contributed by atoms with E-state index in [2.05, 4.69) is 16.9 Å². The van der Waals surface area contributed by atoms with Crippen LogP contribution < -0.4 is 9.47 Å². The van der Waals surface area contributed by atoms with Crippen LogP contribution in [0.4, 0.5) is 0 Å². The van der Waals surface area contributed by atoms with Gasteiger partial charge in [-0.25, -0.2) is 0 Å². The predicted molar refractivity (Wildman–Crippen MR) is 57.3 cm³/mol. The van der Waals surface area contributed by atoms with Gasteiger partial charge in [0.25, 0.3) is 0 Å². The minimum atomic E-state index is 0.552. The van der Waals surface area contributed by atoms with E-state index in [1.165, 1.54) is 13.0 Å². The number of hydrogen-bond acceptors (Lipinski definition) is 4. The summed E-state index contributed by atoms with van der Waals surface area (Å²) in [6.07, 6.45) is 4.59. The monoisotopic (exact) mass is 208 g/mol. The van der Waals surface area contributed by atoms with Crippen LogP contribution in [0.15, 0.2) is 18.5 Å². The summed E-state index contributed by atoms with van der Waals surface area (Å²) >= 11 is 0. The van der Waals surface area contributed by atoms with E-state index >= 15 is 0 Å². The first-order valence-corrected chi connectivity index (χ1v) is 5.11. The highest BCUT2D eigenvalue weighted by atomic mass is 16.5. The standard InChI is InChI=1S/C11H16N2O2/c1-13-4-3-9(13)8-15-11-5-10(14-2)6-12-7-11/h5-7,9H,3-4,8H2,1-2H3/t9-/m0/s1. The third-order valence-electron chi connectivity index (χ3n) is 2.80. The Kier molecular flexibility index (Phi) is 3.06. The molecule has 0 N–H and O–H groups in total. The molecule has 15 heavy (non-hydrogen) atoms. The minimum Gasteiger partial charge on any atom is -0.495 e. The van der Waals surface area contributed by atoms with E-state index in [1.807, 2.05) is 6.07 Å². The highest BCUT2D eigenvalue weighted by molar-refractivity contribution is 5.28. The number of pyridine rings is 1. The quantitative estimate of drug-likeness (QED) is 0.744. The van der Waals surface area contributed by atoms with Gasteiger partial charge in [0.2, 0.25) is 0 Å². The first kappa shape index (κ1) is 10.2. The van der Waals surface area contributed by atoms with Crippen LogP contribution >= 0.6 is 0 Å². The lowest BCUT2D eigenvalue weighted by Gasteiger charge is -2.37. The van der Waals surface area contributed by atoms with Crippen LogP contribution in [0.1, 0.15) is 6.42 Å². The Balaban J connectivity index is 1.87. The van der Waals surface area contributed by atoms with Crippen molar-refractivity contribution in [3.8, 4) is 11.5 Å². The number of ether oxygens (including phenoxy) is 2. The second-order valence-corrected chi connectivity index (χ2v) is 3.79. The van der Waals surface area contributed by atoms with Gasteiger partial charge in [-0.15, -0.1) is 0 Å². The van der Waals surface area contributed by atoms with E-state index < -0.39 is 0 Å². The maximum absolute atomic E-state index is 5.64. The highest BCUT2D eigenvalue weighted by Gasteiger charge is 2.24. The van der Waals surface area contributed by atoms with Crippen molar-refractivity contribution in [1.82, 2.24) is 9.88 Å². The molecule has 0 spiro atoms. The number of likely N-dealkylation sites (tertiary alicyclic amines) is 1. The Bertz CT molecular complexity index is 330. The van der Waals surface area contributed by atoms with Crippen molar-refractivity contribution < 1.29 is 9.47 Å². The van der Waals surface area contributed by atoms with Gasteiger partial charge in [0.05, 0.1) is 19.5 Å². The van der Waals surface area contributed by atoms with Crippen molar-refractivity contribution in [2.24, 2.45) is 0 Å². The summed E-state index contributed by atoms with van der Waals surface area (Å²) < 4.78 is 10.7. The molecule has 0 amide bonds. The molecule has 1 atom stereocenters. The van der Waals surface area contributed by atoms with Gasteiger partial charge in [0, 0.05) is 12.1 Å². The van der Waals surface area contributed by atoms with Crippen molar-refractivity contribution in [3.05, 3.63) is 18.5 Å². The lowest BCUT2D eigenvalue weighted by Crippen LogP contribution is -2.48. The van der Waals surface area contributed by atoms with Crippen molar-refractivity contribution >= 4 is 0 Å². The summed E-state index contributed by atoms with van der Waals surface area (Å²) in [4.78, 5) is 6.32. The number of nitrogens with zero attached hydrogens (tertiary/aromatic N) is 2. The molecular formula is C11H16N2O2. The second kappa shape index (κ2) is 4.49. The molecule has 82 valence electrons. The van der Waals surface area contributed by atoms with Gasteiger partial charge in [-0.3, -0.25) is 9.88 Å². The Morgan fingerprint density at radius 3 is 2.87 bits per heavy atom. The van der Waals surface area contributed by atoms with Crippen molar-refractivity contribution in [1.29, 1.82) is 0 Å². The first-order valence-electron chi connectivity index (χ1n) is 5.11. The van der Waals surface area contributed by atoms with Crippen LogP contribution in [0.25, 0.3) is 0 Å². The van der Waals surface area contributed by atoms with Crippen LogP contribution in [0.3, 0.4) is 0 Å². The minimum absolute atomic E-state index is 0.552. The van der Waals surface area contributed by atoms with Gasteiger partial charge in [-0.2, -0.15) is 0 Å². The fourth-order valence-corrected chi connectivity index (χ4v) is 1.56. The smallest absolute Gasteiger partial charge is 0.141 e. The zero-order valence-corrected chi connectivity index (χ0v) is 9.14. The van der Waals surface area contributed by atoms with E-state index in [0.717, 1.165) is 18.1 Å². The summed E-state index contributed by atoms with van der Waals surface area (Å²) in [6.45, 7) is 1.90. The van der Waals surface area contributed by atoms with Crippen molar-refractivity contribution in [2.45, 2.75) is 12.5 Å². The zero-order valence-electron chi connectivity index (χ0n) is 9.14.